The molecule has 3 heterocycles. The van der Waals surface area contributed by atoms with Gasteiger partial charge in [0.2, 0.25) is 0 Å². The Labute approximate surface area is 231 Å². The molecule has 1 fully saturated rings. The molecule has 1 saturated heterocycles. The third kappa shape index (κ3) is 6.03. The molecular formula is C30H28N6O2S. The molecule has 9 heteroatoms. The van der Waals surface area contributed by atoms with E-state index in [1.165, 1.54) is 11.3 Å². The van der Waals surface area contributed by atoms with Crippen LogP contribution in [0.4, 0.5) is 5.82 Å². The van der Waals surface area contributed by atoms with Gasteiger partial charge in [-0.25, -0.2) is 9.97 Å². The van der Waals surface area contributed by atoms with E-state index in [2.05, 4.69) is 32.0 Å². The van der Waals surface area contributed by atoms with Crippen molar-refractivity contribution in [2.75, 3.05) is 18.4 Å². The number of pyridine rings is 1. The molecule has 0 saturated carbocycles. The number of thiazole rings is 1. The Hall–Kier alpha value is -4.39. The molecule has 4 aromatic rings. The molecule has 0 spiro atoms. The Morgan fingerprint density at radius 1 is 1.10 bits per heavy atom. The fourth-order valence-electron chi connectivity index (χ4n) is 4.72. The Kier molecular flexibility index (Phi) is 8.06. The second kappa shape index (κ2) is 12.0. The molecule has 0 aliphatic carbocycles. The van der Waals surface area contributed by atoms with Gasteiger partial charge in [0.25, 0.3) is 11.8 Å². The Morgan fingerprint density at radius 2 is 1.97 bits per heavy atom. The molecule has 2 aromatic heterocycles. The summed E-state index contributed by atoms with van der Waals surface area (Å²) in [6.45, 7) is 3.51. The summed E-state index contributed by atoms with van der Waals surface area (Å²) in [5, 5.41) is 21.4. The number of amides is 2. The van der Waals surface area contributed by atoms with E-state index < -0.39 is 5.91 Å². The first-order valence-electron chi connectivity index (χ1n) is 12.9. The summed E-state index contributed by atoms with van der Waals surface area (Å²) in [6, 6.07) is 19.3. The second-order valence-corrected chi connectivity index (χ2v) is 10.3. The van der Waals surface area contributed by atoms with Crippen molar-refractivity contribution in [1.82, 2.24) is 20.6 Å². The van der Waals surface area contributed by atoms with Gasteiger partial charge in [-0.15, -0.1) is 11.3 Å². The van der Waals surface area contributed by atoms with Crippen LogP contribution in [0.25, 0.3) is 22.4 Å². The summed E-state index contributed by atoms with van der Waals surface area (Å²) in [6.07, 6.45) is 4.91. The molecule has 0 radical (unpaired) electrons. The third-order valence-electron chi connectivity index (χ3n) is 6.77. The maximum Gasteiger partial charge on any atom is 0.285 e. The molecule has 5 rings (SSSR count). The van der Waals surface area contributed by atoms with E-state index >= 15 is 0 Å². The minimum absolute atomic E-state index is 0.145. The van der Waals surface area contributed by atoms with Crippen LogP contribution in [0.15, 0.2) is 66.2 Å². The first kappa shape index (κ1) is 26.2. The van der Waals surface area contributed by atoms with Gasteiger partial charge in [-0.1, -0.05) is 42.8 Å². The number of benzene rings is 2. The number of aryl methyl sites for hydroxylation is 1. The first-order chi connectivity index (χ1) is 19.0. The van der Waals surface area contributed by atoms with E-state index in [0.29, 0.717) is 28.9 Å². The Bertz CT molecular complexity index is 1540. The lowest BCUT2D eigenvalue weighted by Gasteiger charge is -2.23. The monoisotopic (exact) mass is 536 g/mol. The number of nitrogens with one attached hydrogen (secondary N) is 3. The van der Waals surface area contributed by atoms with Gasteiger partial charge in [0.05, 0.1) is 5.69 Å². The van der Waals surface area contributed by atoms with Gasteiger partial charge in [-0.3, -0.25) is 9.59 Å². The van der Waals surface area contributed by atoms with Crippen molar-refractivity contribution in [1.29, 1.82) is 5.26 Å². The fourth-order valence-corrected chi connectivity index (χ4v) is 5.25. The van der Waals surface area contributed by atoms with Crippen molar-refractivity contribution in [3.05, 3.63) is 87.9 Å². The van der Waals surface area contributed by atoms with E-state index in [4.69, 9.17) is 0 Å². The molecule has 1 unspecified atom stereocenters. The Morgan fingerprint density at radius 3 is 2.72 bits per heavy atom. The highest BCUT2D eigenvalue weighted by Crippen LogP contribution is 2.34. The van der Waals surface area contributed by atoms with Crippen molar-refractivity contribution >= 4 is 29.0 Å². The highest BCUT2D eigenvalue weighted by Gasteiger charge is 2.20. The summed E-state index contributed by atoms with van der Waals surface area (Å²) in [4.78, 5) is 34.7. The topological polar surface area (TPSA) is 120 Å². The second-order valence-electron chi connectivity index (χ2n) is 9.43. The summed E-state index contributed by atoms with van der Waals surface area (Å²) < 4.78 is 0. The van der Waals surface area contributed by atoms with Crippen LogP contribution >= 0.6 is 11.3 Å². The molecule has 1 aliphatic rings. The average Bonchev–Trinajstić information content (AvgIpc) is 3.52. The van der Waals surface area contributed by atoms with Gasteiger partial charge in [0.1, 0.15) is 11.6 Å². The maximum atomic E-state index is 13.0. The SMILES string of the molecule is Cc1ccccc1-c1cc(-c2cccc(C(=O)NCC3CCCCN3)c2)c(C#N)c(NC(=O)c2nccs2)n1. The minimum Gasteiger partial charge on any atom is -0.350 e. The molecule has 0 bridgehead atoms. The summed E-state index contributed by atoms with van der Waals surface area (Å²) >= 11 is 1.20. The minimum atomic E-state index is -0.439. The van der Waals surface area contributed by atoms with Gasteiger partial charge >= 0.3 is 0 Å². The fraction of sp³-hybridized carbons (Fsp3) is 0.233. The van der Waals surface area contributed by atoms with Crippen molar-refractivity contribution in [2.24, 2.45) is 0 Å². The number of carbonyl (C=O) groups is 2. The first-order valence-corrected chi connectivity index (χ1v) is 13.8. The number of hydrogen-bond donors (Lipinski definition) is 3. The predicted octanol–water partition coefficient (Wildman–Crippen LogP) is 5.18. The highest BCUT2D eigenvalue weighted by atomic mass is 32.1. The van der Waals surface area contributed by atoms with Crippen molar-refractivity contribution < 1.29 is 9.59 Å². The number of nitriles is 1. The zero-order valence-electron chi connectivity index (χ0n) is 21.5. The number of hydrogen-bond acceptors (Lipinski definition) is 7. The van der Waals surface area contributed by atoms with Gasteiger partial charge in [-0.2, -0.15) is 5.26 Å². The number of nitrogens with zero attached hydrogens (tertiary/aromatic N) is 3. The molecule has 1 aliphatic heterocycles. The van der Waals surface area contributed by atoms with Crippen LogP contribution in [0.3, 0.4) is 0 Å². The van der Waals surface area contributed by atoms with Crippen LogP contribution in [0.1, 0.15) is 50.5 Å². The van der Waals surface area contributed by atoms with E-state index in [1.54, 1.807) is 29.8 Å². The largest absolute Gasteiger partial charge is 0.350 e. The molecule has 2 amide bonds. The predicted molar refractivity (Wildman–Crippen MR) is 153 cm³/mol. The van der Waals surface area contributed by atoms with Gasteiger partial charge in [0, 0.05) is 40.9 Å². The molecule has 1 atom stereocenters. The van der Waals surface area contributed by atoms with Crippen molar-refractivity contribution in [3.8, 4) is 28.5 Å². The van der Waals surface area contributed by atoms with E-state index in [9.17, 15) is 14.9 Å². The lowest BCUT2D eigenvalue weighted by atomic mass is 9.95. The molecule has 39 heavy (non-hydrogen) atoms. The van der Waals surface area contributed by atoms with Crippen LogP contribution in [0.5, 0.6) is 0 Å². The summed E-state index contributed by atoms with van der Waals surface area (Å²) in [5.74, 6) is -0.466. The molecule has 3 N–H and O–H groups in total. The molecule has 196 valence electrons. The van der Waals surface area contributed by atoms with Gasteiger partial charge < -0.3 is 16.0 Å². The summed E-state index contributed by atoms with van der Waals surface area (Å²) in [7, 11) is 0. The normalized spacial score (nSPS) is 14.8. The number of piperidine rings is 1. The number of anilines is 1. The number of carbonyl (C=O) groups excluding carboxylic acids is 2. The average molecular weight is 537 g/mol. The maximum absolute atomic E-state index is 13.0. The molecule has 2 aromatic carbocycles. The quantitative estimate of drug-likeness (QED) is 0.300. The van der Waals surface area contributed by atoms with Crippen LogP contribution in [-0.2, 0) is 0 Å². The lowest BCUT2D eigenvalue weighted by Crippen LogP contribution is -2.43. The van der Waals surface area contributed by atoms with Gasteiger partial charge in [-0.05, 0) is 55.6 Å². The van der Waals surface area contributed by atoms with Crippen molar-refractivity contribution in [3.63, 3.8) is 0 Å². The lowest BCUT2D eigenvalue weighted by molar-refractivity contribution is 0.0947. The number of aromatic nitrogens is 2. The highest BCUT2D eigenvalue weighted by molar-refractivity contribution is 7.11. The number of rotatable bonds is 7. The molecule has 8 nitrogen and oxygen atoms in total. The smallest absolute Gasteiger partial charge is 0.285 e. The third-order valence-corrected chi connectivity index (χ3v) is 7.54. The van der Waals surface area contributed by atoms with E-state index in [1.807, 2.05) is 43.3 Å². The van der Waals surface area contributed by atoms with Crippen LogP contribution < -0.4 is 16.0 Å². The zero-order chi connectivity index (χ0) is 27.2. The van der Waals surface area contributed by atoms with Crippen LogP contribution in [0.2, 0.25) is 0 Å². The zero-order valence-corrected chi connectivity index (χ0v) is 22.3. The molecular weight excluding hydrogens is 508 g/mol. The van der Waals surface area contributed by atoms with Crippen LogP contribution in [0, 0.1) is 18.3 Å². The van der Waals surface area contributed by atoms with Crippen LogP contribution in [-0.4, -0.2) is 40.9 Å². The van der Waals surface area contributed by atoms with E-state index in [-0.39, 0.29) is 28.3 Å². The standard InChI is InChI=1S/C30H28N6O2S/c1-19-7-2-3-11-23(19)26-16-24(25(17-31)27(35-26)36-29(38)30-33-13-14-39-30)20-8-6-9-21(15-20)28(37)34-18-22-10-4-5-12-32-22/h2-3,6-9,11,13-16,22,32H,4-5,10,12,18H2,1H3,(H,34,37)(H,35,36,38). The Balaban J connectivity index is 1.53. The van der Waals surface area contributed by atoms with Crippen molar-refractivity contribution in [2.45, 2.75) is 32.2 Å². The summed E-state index contributed by atoms with van der Waals surface area (Å²) in [5.41, 5.74) is 4.44. The van der Waals surface area contributed by atoms with E-state index in [0.717, 1.165) is 36.9 Å². The van der Waals surface area contributed by atoms with Gasteiger partial charge in [0.15, 0.2) is 10.8 Å².